The fourth-order valence-corrected chi connectivity index (χ4v) is 2.79. The Hall–Kier alpha value is -1.02. The third-order valence-electron chi connectivity index (χ3n) is 3.09. The number of nitrogens with zero attached hydrogens (tertiary/aromatic N) is 2. The molecule has 12 heavy (non-hydrogen) atoms. The molecule has 0 heterocycles. The van der Waals surface area contributed by atoms with Crippen molar-refractivity contribution in [3.05, 3.63) is 22.8 Å². The first kappa shape index (κ1) is 9.07. The minimum absolute atomic E-state index is 0.139. The summed E-state index contributed by atoms with van der Waals surface area (Å²) in [5, 5.41) is 0. The molecule has 64 valence electrons. The molecule has 1 saturated carbocycles. The second-order valence-electron chi connectivity index (χ2n) is 4.84. The molecular weight excluding hydrogens is 148 g/mol. The normalized spacial score (nSPS) is 27.8. The van der Waals surface area contributed by atoms with E-state index in [4.69, 9.17) is 13.1 Å². The molecule has 0 atom stereocenters. The highest BCUT2D eigenvalue weighted by atomic mass is 15.1. The summed E-state index contributed by atoms with van der Waals surface area (Å²) < 4.78 is 0. The molecule has 1 aliphatic rings. The molecule has 0 radical (unpaired) electrons. The van der Waals surface area contributed by atoms with Crippen molar-refractivity contribution in [1.29, 1.82) is 0 Å². The van der Waals surface area contributed by atoms with Crippen LogP contribution in [0.3, 0.4) is 0 Å². The average molecular weight is 162 g/mol. The lowest BCUT2D eigenvalue weighted by Crippen LogP contribution is -2.62. The Labute approximate surface area is 74.2 Å². The second kappa shape index (κ2) is 2.02. The first-order chi connectivity index (χ1) is 5.33. The Kier molecular flexibility index (Phi) is 1.52. The maximum absolute atomic E-state index is 7.13. The van der Waals surface area contributed by atoms with Gasteiger partial charge in [0.2, 0.25) is 0 Å². The lowest BCUT2D eigenvalue weighted by molar-refractivity contribution is -0.0495. The quantitative estimate of drug-likeness (QED) is 0.484. The molecular formula is C10H14N2. The zero-order valence-corrected chi connectivity index (χ0v) is 8.10. The summed E-state index contributed by atoms with van der Waals surface area (Å²) in [6.07, 6.45) is 0.963. The number of hydrogen-bond donors (Lipinski definition) is 0. The summed E-state index contributed by atoms with van der Waals surface area (Å²) in [5.74, 6) is 0. The summed E-state index contributed by atoms with van der Waals surface area (Å²) in [6.45, 7) is 22.3. The van der Waals surface area contributed by atoms with E-state index < -0.39 is 5.66 Å². The minimum atomic E-state index is -0.819. The molecule has 0 aromatic rings. The second-order valence-corrected chi connectivity index (χ2v) is 4.84. The van der Waals surface area contributed by atoms with Crippen LogP contribution in [0.4, 0.5) is 0 Å². The van der Waals surface area contributed by atoms with Gasteiger partial charge in [0.25, 0.3) is 0 Å². The molecule has 2 heteroatoms. The summed E-state index contributed by atoms with van der Waals surface area (Å²) >= 11 is 0. The minimum Gasteiger partial charge on any atom is -0.229 e. The molecule has 0 N–H and O–H groups in total. The van der Waals surface area contributed by atoms with E-state index in [9.17, 15) is 0 Å². The highest BCUT2D eigenvalue weighted by Gasteiger charge is 2.79. The summed E-state index contributed by atoms with van der Waals surface area (Å²) in [7, 11) is 0. The van der Waals surface area contributed by atoms with Crippen molar-refractivity contribution in [3.8, 4) is 0 Å². The first-order valence-electron chi connectivity index (χ1n) is 4.10. The first-order valence-corrected chi connectivity index (χ1v) is 4.10. The predicted molar refractivity (Wildman–Crippen MR) is 48.1 cm³/mol. The van der Waals surface area contributed by atoms with Gasteiger partial charge in [-0.15, -0.1) is 0 Å². The van der Waals surface area contributed by atoms with Gasteiger partial charge in [0.05, 0.1) is 0 Å². The SMILES string of the molecule is [C-]#[N+]C1([N+]#[C-])C(C)(C)CC1(C)C. The lowest BCUT2D eigenvalue weighted by Gasteiger charge is -2.48. The Morgan fingerprint density at radius 1 is 0.917 bits per heavy atom. The highest BCUT2D eigenvalue weighted by molar-refractivity contribution is 5.29. The van der Waals surface area contributed by atoms with E-state index in [1.54, 1.807) is 0 Å². The topological polar surface area (TPSA) is 8.72 Å². The van der Waals surface area contributed by atoms with Crippen LogP contribution in [0.5, 0.6) is 0 Å². The van der Waals surface area contributed by atoms with Crippen molar-refractivity contribution in [2.45, 2.75) is 39.8 Å². The standard InChI is InChI=1S/C10H14N2/c1-8(2)7-9(3,4)10(8,11-5)12-6/h7H2,1-4H3. The van der Waals surface area contributed by atoms with Gasteiger partial charge in [-0.2, -0.15) is 0 Å². The zero-order valence-electron chi connectivity index (χ0n) is 8.10. The van der Waals surface area contributed by atoms with E-state index in [1.165, 1.54) is 0 Å². The molecule has 1 aliphatic carbocycles. The van der Waals surface area contributed by atoms with Crippen LogP contribution in [0.1, 0.15) is 34.1 Å². The molecule has 0 unspecified atom stereocenters. The van der Waals surface area contributed by atoms with Gasteiger partial charge in [0.15, 0.2) is 0 Å². The monoisotopic (exact) mass is 162 g/mol. The van der Waals surface area contributed by atoms with E-state index in [-0.39, 0.29) is 10.8 Å². The third-order valence-corrected chi connectivity index (χ3v) is 3.09. The van der Waals surface area contributed by atoms with Gasteiger partial charge in [-0.3, -0.25) is 0 Å². The van der Waals surface area contributed by atoms with Gasteiger partial charge in [0.1, 0.15) is 10.8 Å². The lowest BCUT2D eigenvalue weighted by atomic mass is 9.48. The van der Waals surface area contributed by atoms with Crippen LogP contribution in [0.15, 0.2) is 0 Å². The van der Waals surface area contributed by atoms with E-state index in [0.717, 1.165) is 6.42 Å². The highest BCUT2D eigenvalue weighted by Crippen LogP contribution is 2.64. The van der Waals surface area contributed by atoms with Crippen LogP contribution >= 0.6 is 0 Å². The largest absolute Gasteiger partial charge is 0.492 e. The van der Waals surface area contributed by atoms with E-state index in [1.807, 2.05) is 27.7 Å². The Balaban J connectivity index is 3.18. The van der Waals surface area contributed by atoms with E-state index in [2.05, 4.69) is 9.69 Å². The molecule has 1 fully saturated rings. The zero-order chi connectivity index (χ0) is 9.62. The average Bonchev–Trinajstić information content (AvgIpc) is 1.85. The number of rotatable bonds is 0. The third kappa shape index (κ3) is 0.681. The van der Waals surface area contributed by atoms with Crippen molar-refractivity contribution in [2.75, 3.05) is 0 Å². The van der Waals surface area contributed by atoms with Crippen molar-refractivity contribution < 1.29 is 0 Å². The molecule has 0 spiro atoms. The molecule has 0 aliphatic heterocycles. The molecule has 1 rings (SSSR count). The Bertz CT molecular complexity index is 256. The predicted octanol–water partition coefficient (Wildman–Crippen LogP) is 2.98. The molecule has 0 aromatic carbocycles. The van der Waals surface area contributed by atoms with Crippen LogP contribution in [0.25, 0.3) is 9.69 Å². The molecule has 0 aromatic heterocycles. The fourth-order valence-electron chi connectivity index (χ4n) is 2.79. The molecule has 0 saturated heterocycles. The summed E-state index contributed by atoms with van der Waals surface area (Å²) in [6, 6.07) is 0. The summed E-state index contributed by atoms with van der Waals surface area (Å²) in [5.41, 5.74) is -1.10. The fraction of sp³-hybridized carbons (Fsp3) is 0.800. The van der Waals surface area contributed by atoms with Gasteiger partial charge in [0, 0.05) is 0 Å². The van der Waals surface area contributed by atoms with E-state index >= 15 is 0 Å². The van der Waals surface area contributed by atoms with Crippen molar-refractivity contribution in [3.63, 3.8) is 0 Å². The Morgan fingerprint density at radius 3 is 1.33 bits per heavy atom. The van der Waals surface area contributed by atoms with Gasteiger partial charge < -0.3 is 0 Å². The van der Waals surface area contributed by atoms with Crippen LogP contribution < -0.4 is 0 Å². The van der Waals surface area contributed by atoms with Crippen molar-refractivity contribution >= 4 is 0 Å². The maximum atomic E-state index is 7.13. The van der Waals surface area contributed by atoms with Gasteiger partial charge in [-0.1, -0.05) is 0 Å². The Morgan fingerprint density at radius 2 is 1.25 bits per heavy atom. The van der Waals surface area contributed by atoms with Gasteiger partial charge in [-0.05, 0) is 34.1 Å². The molecule has 0 amide bonds. The smallest absolute Gasteiger partial charge is 0.229 e. The van der Waals surface area contributed by atoms with Crippen molar-refractivity contribution in [2.24, 2.45) is 10.8 Å². The van der Waals surface area contributed by atoms with Crippen LogP contribution in [0, 0.1) is 24.0 Å². The van der Waals surface area contributed by atoms with E-state index in [0.29, 0.717) is 0 Å². The summed E-state index contributed by atoms with van der Waals surface area (Å²) in [4.78, 5) is 7.09. The van der Waals surface area contributed by atoms with Gasteiger partial charge >= 0.3 is 5.66 Å². The van der Waals surface area contributed by atoms with Crippen LogP contribution in [-0.4, -0.2) is 5.66 Å². The van der Waals surface area contributed by atoms with Gasteiger partial charge in [-0.25, -0.2) is 22.8 Å². The molecule has 2 nitrogen and oxygen atoms in total. The van der Waals surface area contributed by atoms with Crippen LogP contribution in [0.2, 0.25) is 0 Å². The number of hydrogen-bond acceptors (Lipinski definition) is 0. The van der Waals surface area contributed by atoms with Crippen molar-refractivity contribution in [1.82, 2.24) is 0 Å². The maximum Gasteiger partial charge on any atom is 0.492 e. The molecule has 0 bridgehead atoms. The van der Waals surface area contributed by atoms with Crippen LogP contribution in [-0.2, 0) is 0 Å².